The lowest BCUT2D eigenvalue weighted by Crippen LogP contribution is -2.34. The van der Waals surface area contributed by atoms with Gasteiger partial charge in [0.2, 0.25) is 20.0 Å². The topological polar surface area (TPSA) is 106 Å². The van der Waals surface area contributed by atoms with Crippen LogP contribution in [0.4, 0.5) is 0 Å². The van der Waals surface area contributed by atoms with Crippen LogP contribution in [-0.2, 0) is 20.0 Å². The lowest BCUT2D eigenvalue weighted by atomic mass is 9.92. The molecule has 0 fully saturated rings. The van der Waals surface area contributed by atoms with Crippen LogP contribution >= 0.6 is 0 Å². The molecule has 0 aromatic rings. The van der Waals surface area contributed by atoms with Gasteiger partial charge in [0, 0.05) is 6.54 Å². The van der Waals surface area contributed by atoms with E-state index in [-0.39, 0.29) is 18.1 Å². The summed E-state index contributed by atoms with van der Waals surface area (Å²) in [4.78, 5) is 0. The number of nitrogens with one attached hydrogen (secondary N) is 1. The van der Waals surface area contributed by atoms with E-state index in [0.717, 1.165) is 0 Å². The smallest absolute Gasteiger partial charge is 0.211 e. The monoisotopic (exact) mass is 286 g/mol. The minimum absolute atomic E-state index is 0.0859. The van der Waals surface area contributed by atoms with Gasteiger partial charge in [-0.25, -0.2) is 26.7 Å². The van der Waals surface area contributed by atoms with E-state index in [0.29, 0.717) is 12.8 Å². The first-order chi connectivity index (χ1) is 7.47. The van der Waals surface area contributed by atoms with Crippen molar-refractivity contribution < 1.29 is 16.8 Å². The van der Waals surface area contributed by atoms with E-state index in [1.807, 2.05) is 0 Å². The van der Waals surface area contributed by atoms with Crippen molar-refractivity contribution in [2.24, 2.45) is 10.6 Å². The Balaban J connectivity index is 4.21. The molecule has 17 heavy (non-hydrogen) atoms. The zero-order valence-corrected chi connectivity index (χ0v) is 12.2. The average molecular weight is 286 g/mol. The van der Waals surface area contributed by atoms with Gasteiger partial charge in [-0.2, -0.15) is 0 Å². The van der Waals surface area contributed by atoms with Crippen LogP contribution in [0.2, 0.25) is 0 Å². The van der Waals surface area contributed by atoms with E-state index in [1.54, 1.807) is 20.8 Å². The van der Waals surface area contributed by atoms with Gasteiger partial charge in [-0.05, 0) is 18.3 Å². The normalized spacial score (nSPS) is 13.9. The van der Waals surface area contributed by atoms with Crippen LogP contribution in [0, 0.1) is 5.41 Å². The van der Waals surface area contributed by atoms with Gasteiger partial charge in [-0.3, -0.25) is 0 Å². The second-order valence-electron chi connectivity index (χ2n) is 4.93. The molecule has 0 atom stereocenters. The molecule has 0 aromatic carbocycles. The van der Waals surface area contributed by atoms with Crippen LogP contribution in [0.5, 0.6) is 0 Å². The molecule has 6 nitrogen and oxygen atoms in total. The molecule has 0 unspecified atom stereocenters. The molecular weight excluding hydrogens is 264 g/mol. The highest BCUT2D eigenvalue weighted by Crippen LogP contribution is 2.21. The first kappa shape index (κ1) is 16.8. The van der Waals surface area contributed by atoms with E-state index in [4.69, 9.17) is 5.14 Å². The molecule has 0 aliphatic carbocycles. The third kappa shape index (κ3) is 9.51. The van der Waals surface area contributed by atoms with Gasteiger partial charge in [0.25, 0.3) is 0 Å². The van der Waals surface area contributed by atoms with Gasteiger partial charge < -0.3 is 0 Å². The Labute approximate surface area is 104 Å². The Hall–Kier alpha value is -0.180. The maximum atomic E-state index is 11.3. The Kier molecular flexibility index (Phi) is 6.06. The maximum Gasteiger partial charge on any atom is 0.211 e. The van der Waals surface area contributed by atoms with Crippen molar-refractivity contribution in [2.45, 2.75) is 33.6 Å². The van der Waals surface area contributed by atoms with Crippen molar-refractivity contribution in [3.8, 4) is 0 Å². The van der Waals surface area contributed by atoms with E-state index in [2.05, 4.69) is 4.72 Å². The first-order valence-electron chi connectivity index (χ1n) is 5.45. The summed E-state index contributed by atoms with van der Waals surface area (Å²) in [6.45, 7) is 5.49. The molecule has 0 aliphatic rings. The van der Waals surface area contributed by atoms with E-state index in [9.17, 15) is 16.8 Å². The molecule has 0 heterocycles. The number of primary sulfonamides is 1. The molecule has 0 bridgehead atoms. The lowest BCUT2D eigenvalue weighted by molar-refractivity contribution is 0.378. The Morgan fingerprint density at radius 3 is 2.12 bits per heavy atom. The molecule has 0 saturated heterocycles. The van der Waals surface area contributed by atoms with Gasteiger partial charge in [-0.1, -0.05) is 20.8 Å². The van der Waals surface area contributed by atoms with Crippen LogP contribution in [0.1, 0.15) is 33.6 Å². The molecule has 104 valence electrons. The first-order valence-corrected chi connectivity index (χ1v) is 8.82. The lowest BCUT2D eigenvalue weighted by Gasteiger charge is -2.23. The molecule has 3 N–H and O–H groups in total. The van der Waals surface area contributed by atoms with Crippen LogP contribution in [-0.4, -0.2) is 34.9 Å². The van der Waals surface area contributed by atoms with Crippen molar-refractivity contribution in [2.75, 3.05) is 18.1 Å². The minimum atomic E-state index is -3.54. The van der Waals surface area contributed by atoms with Crippen molar-refractivity contribution in [3.63, 3.8) is 0 Å². The van der Waals surface area contributed by atoms with E-state index in [1.165, 1.54) is 0 Å². The minimum Gasteiger partial charge on any atom is -0.229 e. The Morgan fingerprint density at radius 1 is 1.18 bits per heavy atom. The second-order valence-corrected chi connectivity index (χ2v) is 8.48. The van der Waals surface area contributed by atoms with Crippen LogP contribution < -0.4 is 9.86 Å². The predicted molar refractivity (Wildman–Crippen MR) is 68.5 cm³/mol. The van der Waals surface area contributed by atoms with Gasteiger partial charge in [0.1, 0.15) is 0 Å². The number of sulfonamides is 2. The summed E-state index contributed by atoms with van der Waals surface area (Å²) >= 11 is 0. The summed E-state index contributed by atoms with van der Waals surface area (Å²) in [6, 6.07) is 0. The quantitative estimate of drug-likeness (QED) is 0.656. The summed E-state index contributed by atoms with van der Waals surface area (Å²) in [5.74, 6) is -0.0713. The average Bonchev–Trinajstić information content (AvgIpc) is 1.96. The van der Waals surface area contributed by atoms with Crippen LogP contribution in [0.3, 0.4) is 0 Å². The van der Waals surface area contributed by atoms with Gasteiger partial charge in [0.05, 0.1) is 11.5 Å². The van der Waals surface area contributed by atoms with Crippen molar-refractivity contribution >= 4 is 20.0 Å². The summed E-state index contributed by atoms with van der Waals surface area (Å²) in [5, 5.41) is 4.96. The number of rotatable bonds is 8. The molecule has 0 amide bonds. The maximum absolute atomic E-state index is 11.3. The Morgan fingerprint density at radius 2 is 1.71 bits per heavy atom. The summed E-state index contributed by atoms with van der Waals surface area (Å²) in [5.41, 5.74) is -0.539. The summed E-state index contributed by atoms with van der Waals surface area (Å²) in [6.07, 6.45) is 0.974. The summed E-state index contributed by atoms with van der Waals surface area (Å²) < 4.78 is 47.0. The number of nitrogens with two attached hydrogens (primary N) is 1. The van der Waals surface area contributed by atoms with Gasteiger partial charge >= 0.3 is 0 Å². The number of hydrogen-bond acceptors (Lipinski definition) is 4. The fraction of sp³-hybridized carbons (Fsp3) is 1.00. The predicted octanol–water partition coefficient (Wildman–Crippen LogP) is 0.0206. The Bertz CT molecular complexity index is 426. The van der Waals surface area contributed by atoms with E-state index >= 15 is 0 Å². The van der Waals surface area contributed by atoms with E-state index < -0.39 is 25.5 Å². The zero-order chi connectivity index (χ0) is 13.7. The highest BCUT2D eigenvalue weighted by molar-refractivity contribution is 7.89. The number of hydrogen-bond donors (Lipinski definition) is 2. The molecule has 0 radical (unpaired) electrons. The summed E-state index contributed by atoms with van der Waals surface area (Å²) in [7, 11) is -6.76. The highest BCUT2D eigenvalue weighted by atomic mass is 32.2. The largest absolute Gasteiger partial charge is 0.229 e. The molecule has 8 heteroatoms. The van der Waals surface area contributed by atoms with Gasteiger partial charge in [0.15, 0.2) is 0 Å². The third-order valence-electron chi connectivity index (χ3n) is 2.19. The third-order valence-corrected chi connectivity index (χ3v) is 4.96. The zero-order valence-electron chi connectivity index (χ0n) is 10.6. The van der Waals surface area contributed by atoms with Crippen molar-refractivity contribution in [3.05, 3.63) is 0 Å². The standard InChI is InChI=1S/C9H22N2O4S2/c1-4-7-17(14,15)11-6-5-9(2,3)8-16(10,12)13/h11H,4-8H2,1-3H3,(H2,10,12,13). The molecule has 0 saturated carbocycles. The molecule has 0 aliphatic heterocycles. The second kappa shape index (κ2) is 6.12. The van der Waals surface area contributed by atoms with Crippen molar-refractivity contribution in [1.82, 2.24) is 4.72 Å². The fourth-order valence-corrected chi connectivity index (χ4v) is 3.83. The van der Waals surface area contributed by atoms with Crippen molar-refractivity contribution in [1.29, 1.82) is 0 Å². The van der Waals surface area contributed by atoms with Gasteiger partial charge in [-0.15, -0.1) is 0 Å². The molecular formula is C9H22N2O4S2. The fourth-order valence-electron chi connectivity index (χ4n) is 1.50. The molecule has 0 aromatic heterocycles. The molecule has 0 spiro atoms. The van der Waals surface area contributed by atoms with Crippen LogP contribution in [0.25, 0.3) is 0 Å². The van der Waals surface area contributed by atoms with Crippen LogP contribution in [0.15, 0.2) is 0 Å². The molecule has 0 rings (SSSR count). The highest BCUT2D eigenvalue weighted by Gasteiger charge is 2.24. The SMILES string of the molecule is CCCS(=O)(=O)NCCC(C)(C)CS(N)(=O)=O.